The molecule has 0 N–H and O–H groups in total. The second kappa shape index (κ2) is 8.78. The Bertz CT molecular complexity index is 795. The summed E-state index contributed by atoms with van der Waals surface area (Å²) < 4.78 is 11.5. The second-order valence-corrected chi connectivity index (χ2v) is 9.22. The molecule has 0 spiro atoms. The molecule has 2 aliphatic rings. The average molecular weight is 409 g/mol. The van der Waals surface area contributed by atoms with E-state index in [-0.39, 0.29) is 24.1 Å². The predicted octanol–water partition coefficient (Wildman–Crippen LogP) is 4.14. The van der Waals surface area contributed by atoms with Crippen LogP contribution in [0.5, 0.6) is 0 Å². The molecule has 30 heavy (non-hydrogen) atoms. The molecule has 0 unspecified atom stereocenters. The van der Waals surface area contributed by atoms with Gasteiger partial charge in [0, 0.05) is 31.6 Å². The molecule has 4 rings (SSSR count). The van der Waals surface area contributed by atoms with E-state index in [1.807, 2.05) is 25.7 Å². The van der Waals surface area contributed by atoms with Gasteiger partial charge in [-0.3, -0.25) is 4.90 Å². The smallest absolute Gasteiger partial charge is 0.410 e. The SMILES string of the molecule is CC(C)(C)OC(=O)N1C[C@@H]2COCCN2[C@H](C(c2ccccc2)c2ccccc2)C1. The summed E-state index contributed by atoms with van der Waals surface area (Å²) in [6.07, 6.45) is -0.238. The maximum atomic E-state index is 13.0. The van der Waals surface area contributed by atoms with Crippen molar-refractivity contribution in [2.45, 2.75) is 44.4 Å². The molecule has 5 heteroatoms. The Labute approximate surface area is 179 Å². The van der Waals surface area contributed by atoms with E-state index in [0.717, 1.165) is 13.2 Å². The zero-order valence-corrected chi connectivity index (χ0v) is 18.2. The van der Waals surface area contributed by atoms with Gasteiger partial charge in [-0.1, -0.05) is 60.7 Å². The van der Waals surface area contributed by atoms with Crippen LogP contribution in [0.1, 0.15) is 37.8 Å². The van der Waals surface area contributed by atoms with Crippen molar-refractivity contribution in [3.8, 4) is 0 Å². The third-order valence-electron chi connectivity index (χ3n) is 5.89. The van der Waals surface area contributed by atoms with E-state index in [1.165, 1.54) is 11.1 Å². The molecule has 0 radical (unpaired) electrons. The van der Waals surface area contributed by atoms with Crippen molar-refractivity contribution in [2.24, 2.45) is 0 Å². The van der Waals surface area contributed by atoms with Gasteiger partial charge in [0.05, 0.1) is 19.3 Å². The summed E-state index contributed by atoms with van der Waals surface area (Å²) in [5, 5.41) is 0. The summed E-state index contributed by atoms with van der Waals surface area (Å²) in [6, 6.07) is 21.6. The maximum absolute atomic E-state index is 13.0. The van der Waals surface area contributed by atoms with Gasteiger partial charge in [0.1, 0.15) is 5.60 Å². The number of fused-ring (bicyclic) bond motifs is 1. The third kappa shape index (κ3) is 4.68. The van der Waals surface area contributed by atoms with Crippen LogP contribution in [0.3, 0.4) is 0 Å². The molecule has 2 fully saturated rings. The molecule has 160 valence electrons. The number of hydrogen-bond donors (Lipinski definition) is 0. The molecule has 0 bridgehead atoms. The Balaban J connectivity index is 1.70. The van der Waals surface area contributed by atoms with Crippen molar-refractivity contribution >= 4 is 6.09 Å². The second-order valence-electron chi connectivity index (χ2n) is 9.22. The number of morpholine rings is 1. The number of benzene rings is 2. The fourth-order valence-corrected chi connectivity index (χ4v) is 4.65. The molecule has 5 nitrogen and oxygen atoms in total. The van der Waals surface area contributed by atoms with E-state index >= 15 is 0 Å². The number of nitrogens with zero attached hydrogens (tertiary/aromatic N) is 2. The summed E-state index contributed by atoms with van der Waals surface area (Å²) in [4.78, 5) is 17.4. The molecule has 2 saturated heterocycles. The Morgan fingerprint density at radius 2 is 1.60 bits per heavy atom. The normalized spacial score (nSPS) is 22.6. The fourth-order valence-electron chi connectivity index (χ4n) is 4.65. The van der Waals surface area contributed by atoms with Gasteiger partial charge in [-0.15, -0.1) is 0 Å². The van der Waals surface area contributed by atoms with Crippen molar-refractivity contribution in [3.63, 3.8) is 0 Å². The summed E-state index contributed by atoms with van der Waals surface area (Å²) in [5.74, 6) is 0.165. The molecule has 2 aromatic rings. The van der Waals surface area contributed by atoms with E-state index in [1.54, 1.807) is 0 Å². The lowest BCUT2D eigenvalue weighted by Crippen LogP contribution is -2.65. The number of carbonyl (C=O) groups excluding carboxylic acids is 1. The molecule has 2 aromatic carbocycles. The van der Waals surface area contributed by atoms with Crippen LogP contribution in [0.15, 0.2) is 60.7 Å². The van der Waals surface area contributed by atoms with E-state index in [0.29, 0.717) is 19.7 Å². The number of rotatable bonds is 3. The van der Waals surface area contributed by atoms with Crippen LogP contribution in [-0.2, 0) is 9.47 Å². The molecule has 2 heterocycles. The van der Waals surface area contributed by atoms with Crippen molar-refractivity contribution < 1.29 is 14.3 Å². The highest BCUT2D eigenvalue weighted by Gasteiger charge is 2.43. The van der Waals surface area contributed by atoms with Crippen LogP contribution < -0.4 is 0 Å². The molecule has 1 amide bonds. The molecule has 0 aliphatic carbocycles. The topological polar surface area (TPSA) is 42.0 Å². The van der Waals surface area contributed by atoms with Crippen molar-refractivity contribution in [1.82, 2.24) is 9.80 Å². The Kier molecular flexibility index (Phi) is 6.11. The predicted molar refractivity (Wildman–Crippen MR) is 118 cm³/mol. The largest absolute Gasteiger partial charge is 0.444 e. The van der Waals surface area contributed by atoms with E-state index in [9.17, 15) is 4.79 Å². The highest BCUT2D eigenvalue weighted by molar-refractivity contribution is 5.68. The first-order valence-corrected chi connectivity index (χ1v) is 10.8. The Morgan fingerprint density at radius 1 is 1.00 bits per heavy atom. The van der Waals surface area contributed by atoms with Gasteiger partial charge in [-0.25, -0.2) is 4.79 Å². The van der Waals surface area contributed by atoms with Crippen molar-refractivity contribution in [2.75, 3.05) is 32.8 Å². The lowest BCUT2D eigenvalue weighted by Gasteiger charge is -2.51. The van der Waals surface area contributed by atoms with Crippen LogP contribution in [0, 0.1) is 0 Å². The van der Waals surface area contributed by atoms with E-state index in [4.69, 9.17) is 9.47 Å². The molecule has 0 aromatic heterocycles. The first kappa shape index (κ1) is 20.9. The number of hydrogen-bond acceptors (Lipinski definition) is 4. The standard InChI is InChI=1S/C25H32N2O3/c1-25(2,3)30-24(28)26-16-21-18-29-15-14-27(21)22(17-26)23(19-10-6-4-7-11-19)20-12-8-5-9-13-20/h4-13,21-23H,14-18H2,1-3H3/t21-,22+/m1/s1. The van der Waals surface area contributed by atoms with Crippen molar-refractivity contribution in [1.29, 1.82) is 0 Å². The van der Waals surface area contributed by atoms with Gasteiger partial charge in [0.15, 0.2) is 0 Å². The molecule has 0 saturated carbocycles. The van der Waals surface area contributed by atoms with Crippen LogP contribution in [0.4, 0.5) is 4.79 Å². The first-order chi connectivity index (χ1) is 14.4. The van der Waals surface area contributed by atoms with Crippen LogP contribution in [0.2, 0.25) is 0 Å². The molecule has 2 aliphatic heterocycles. The van der Waals surface area contributed by atoms with Gasteiger partial charge in [-0.05, 0) is 31.9 Å². The van der Waals surface area contributed by atoms with Crippen LogP contribution in [0.25, 0.3) is 0 Å². The zero-order valence-electron chi connectivity index (χ0n) is 18.2. The number of ether oxygens (including phenoxy) is 2. The minimum atomic E-state index is -0.509. The monoisotopic (exact) mass is 408 g/mol. The Morgan fingerprint density at radius 3 is 2.17 bits per heavy atom. The number of carbonyl (C=O) groups is 1. The van der Waals surface area contributed by atoms with Gasteiger partial charge in [0.25, 0.3) is 0 Å². The summed E-state index contributed by atoms with van der Waals surface area (Å²) in [6.45, 7) is 9.29. The van der Waals surface area contributed by atoms with Gasteiger partial charge in [0.2, 0.25) is 0 Å². The zero-order chi connectivity index (χ0) is 21.1. The Hall–Kier alpha value is -2.37. The van der Waals surface area contributed by atoms with E-state index < -0.39 is 5.60 Å². The lowest BCUT2D eigenvalue weighted by atomic mass is 9.82. The third-order valence-corrected chi connectivity index (χ3v) is 5.89. The van der Waals surface area contributed by atoms with Gasteiger partial charge < -0.3 is 14.4 Å². The molecular formula is C25H32N2O3. The van der Waals surface area contributed by atoms with E-state index in [2.05, 4.69) is 65.6 Å². The number of amides is 1. The summed E-state index contributed by atoms with van der Waals surface area (Å²) in [5.41, 5.74) is 2.03. The molecule has 2 atom stereocenters. The minimum Gasteiger partial charge on any atom is -0.444 e. The van der Waals surface area contributed by atoms with Crippen LogP contribution in [-0.4, -0.2) is 66.4 Å². The van der Waals surface area contributed by atoms with Gasteiger partial charge >= 0.3 is 6.09 Å². The number of piperazine rings is 1. The summed E-state index contributed by atoms with van der Waals surface area (Å²) in [7, 11) is 0. The first-order valence-electron chi connectivity index (χ1n) is 10.8. The van der Waals surface area contributed by atoms with Gasteiger partial charge in [-0.2, -0.15) is 0 Å². The maximum Gasteiger partial charge on any atom is 0.410 e. The molecular weight excluding hydrogens is 376 g/mol. The quantitative estimate of drug-likeness (QED) is 0.766. The highest BCUT2D eigenvalue weighted by atomic mass is 16.6. The van der Waals surface area contributed by atoms with Crippen LogP contribution >= 0.6 is 0 Å². The summed E-state index contributed by atoms with van der Waals surface area (Å²) >= 11 is 0. The minimum absolute atomic E-state index is 0.157. The lowest BCUT2D eigenvalue weighted by molar-refractivity contribution is -0.0778. The average Bonchev–Trinajstić information content (AvgIpc) is 2.74. The highest BCUT2D eigenvalue weighted by Crippen LogP contribution is 2.35. The van der Waals surface area contributed by atoms with Crippen molar-refractivity contribution in [3.05, 3.63) is 71.8 Å². The fraction of sp³-hybridized carbons (Fsp3) is 0.480.